The lowest BCUT2D eigenvalue weighted by molar-refractivity contribution is 0.0941. The molecule has 1 aromatic carbocycles. The lowest BCUT2D eigenvalue weighted by Crippen LogP contribution is -2.29. The fourth-order valence-electron chi connectivity index (χ4n) is 4.31. The smallest absolute Gasteiger partial charge is 0.259 e. The van der Waals surface area contributed by atoms with E-state index in [2.05, 4.69) is 38.3 Å². The molecule has 6 rings (SSSR count). The number of aromatic nitrogens is 6. The largest absolute Gasteiger partial charge is 0.383 e. The summed E-state index contributed by atoms with van der Waals surface area (Å²) in [5, 5.41) is 9.27. The van der Waals surface area contributed by atoms with Gasteiger partial charge in [0.15, 0.2) is 5.65 Å². The van der Waals surface area contributed by atoms with E-state index >= 15 is 0 Å². The van der Waals surface area contributed by atoms with E-state index in [0.29, 0.717) is 5.65 Å². The number of benzene rings is 1. The summed E-state index contributed by atoms with van der Waals surface area (Å²) in [6.45, 7) is 1.93. The lowest BCUT2D eigenvalue weighted by atomic mass is 9.99. The zero-order valence-electron chi connectivity index (χ0n) is 20.6. The molecule has 0 saturated heterocycles. The number of hydrogen-bond donors (Lipinski definition) is 2. The number of nitrogens with zero attached hydrogens (tertiary/aromatic N) is 6. The summed E-state index contributed by atoms with van der Waals surface area (Å²) < 4.78 is 4.37. The van der Waals surface area contributed by atoms with E-state index in [-0.39, 0.29) is 23.3 Å². The Labute approximate surface area is 222 Å². The van der Waals surface area contributed by atoms with Crippen molar-refractivity contribution in [2.24, 2.45) is 7.05 Å². The van der Waals surface area contributed by atoms with Crippen LogP contribution in [-0.2, 0) is 7.05 Å². The van der Waals surface area contributed by atoms with Crippen LogP contribution in [0.3, 0.4) is 0 Å². The van der Waals surface area contributed by atoms with Crippen molar-refractivity contribution in [1.82, 2.24) is 34.4 Å². The molecule has 0 spiro atoms. The number of hydrogen-bond acceptors (Lipinski definition) is 7. The first-order valence-electron chi connectivity index (χ1n) is 11.8. The Hall–Kier alpha value is -5.01. The number of thiophene rings is 1. The number of nitrogens with two attached hydrogens (primary N) is 1. The van der Waals surface area contributed by atoms with Gasteiger partial charge >= 0.3 is 0 Å². The molecule has 10 heteroatoms. The SMILES string of the molecule is CC(NC(=O)c1c(N)ncn2ccnc12)c1cc2scc(C#Cc3cnn(C)c3)c2nc1-c1ccccc1. The fraction of sp³-hybridized carbons (Fsp3) is 0.107. The Bertz CT molecular complexity index is 1870. The number of pyridine rings is 1. The van der Waals surface area contributed by atoms with E-state index in [1.165, 1.54) is 6.33 Å². The Morgan fingerprint density at radius 2 is 2.03 bits per heavy atom. The van der Waals surface area contributed by atoms with E-state index in [1.807, 2.05) is 55.9 Å². The van der Waals surface area contributed by atoms with Gasteiger partial charge in [0, 0.05) is 42.1 Å². The van der Waals surface area contributed by atoms with Crippen LogP contribution in [0, 0.1) is 11.8 Å². The molecule has 0 bridgehead atoms. The highest BCUT2D eigenvalue weighted by molar-refractivity contribution is 7.17. The van der Waals surface area contributed by atoms with E-state index < -0.39 is 0 Å². The molecule has 5 aromatic heterocycles. The molecule has 9 nitrogen and oxygen atoms in total. The standard InChI is InChI=1S/C28H22N8OS/c1-17(33-28(37)23-26(29)31-16-36-11-10-30-27(23)36)21-12-22-25(34-24(21)19-6-4-3-5-7-19)20(15-38-22)9-8-18-13-32-35(2)14-18/h3-7,10-17H,29H2,1-2H3,(H,33,37). The molecule has 3 N–H and O–H groups in total. The molecule has 5 heterocycles. The molecule has 0 aliphatic heterocycles. The van der Waals surface area contributed by atoms with Crippen molar-refractivity contribution in [2.75, 3.05) is 5.73 Å². The first-order chi connectivity index (χ1) is 18.5. The molecule has 38 heavy (non-hydrogen) atoms. The predicted octanol–water partition coefficient (Wildman–Crippen LogP) is 4.21. The van der Waals surface area contributed by atoms with Crippen LogP contribution in [0.5, 0.6) is 0 Å². The van der Waals surface area contributed by atoms with Crippen molar-refractivity contribution in [2.45, 2.75) is 13.0 Å². The zero-order chi connectivity index (χ0) is 26.2. The molecule has 0 radical (unpaired) electrons. The third-order valence-electron chi connectivity index (χ3n) is 6.18. The van der Waals surface area contributed by atoms with Gasteiger partial charge in [-0.3, -0.25) is 13.9 Å². The molecule has 0 saturated carbocycles. The summed E-state index contributed by atoms with van der Waals surface area (Å²) in [5.74, 6) is 6.18. The summed E-state index contributed by atoms with van der Waals surface area (Å²) in [6.07, 6.45) is 8.47. The minimum atomic E-state index is -0.378. The number of carbonyl (C=O) groups excluding carboxylic acids is 1. The van der Waals surface area contributed by atoms with Gasteiger partial charge in [-0.2, -0.15) is 5.10 Å². The summed E-state index contributed by atoms with van der Waals surface area (Å²) in [5.41, 5.74) is 11.9. The van der Waals surface area contributed by atoms with Crippen LogP contribution < -0.4 is 11.1 Å². The van der Waals surface area contributed by atoms with Crippen LogP contribution in [0.4, 0.5) is 5.82 Å². The second-order valence-corrected chi connectivity index (χ2v) is 9.71. The molecular weight excluding hydrogens is 496 g/mol. The fourth-order valence-corrected chi connectivity index (χ4v) is 5.19. The lowest BCUT2D eigenvalue weighted by Gasteiger charge is -2.19. The second-order valence-electron chi connectivity index (χ2n) is 8.80. The third kappa shape index (κ3) is 4.25. The molecule has 0 aliphatic rings. The van der Waals surface area contributed by atoms with Crippen molar-refractivity contribution >= 4 is 38.9 Å². The number of nitrogen functional groups attached to an aromatic ring is 1. The monoisotopic (exact) mass is 518 g/mol. The van der Waals surface area contributed by atoms with Gasteiger partial charge in [-0.25, -0.2) is 15.0 Å². The maximum absolute atomic E-state index is 13.4. The number of aryl methyl sites for hydroxylation is 1. The van der Waals surface area contributed by atoms with Crippen molar-refractivity contribution in [3.05, 3.63) is 95.1 Å². The third-order valence-corrected chi connectivity index (χ3v) is 7.10. The highest BCUT2D eigenvalue weighted by Gasteiger charge is 2.22. The topological polar surface area (TPSA) is 116 Å². The highest BCUT2D eigenvalue weighted by atomic mass is 32.1. The van der Waals surface area contributed by atoms with Gasteiger partial charge in [-0.1, -0.05) is 42.2 Å². The minimum Gasteiger partial charge on any atom is -0.383 e. The molecule has 6 aromatic rings. The summed E-state index contributed by atoms with van der Waals surface area (Å²) in [7, 11) is 1.86. The Morgan fingerprint density at radius 1 is 1.18 bits per heavy atom. The van der Waals surface area contributed by atoms with Crippen LogP contribution in [0.25, 0.3) is 27.1 Å². The van der Waals surface area contributed by atoms with E-state index in [4.69, 9.17) is 10.7 Å². The predicted molar refractivity (Wildman–Crippen MR) is 148 cm³/mol. The Kier molecular flexibility index (Phi) is 5.82. The summed E-state index contributed by atoms with van der Waals surface area (Å²) in [6, 6.07) is 11.6. The van der Waals surface area contributed by atoms with E-state index in [1.54, 1.807) is 39.0 Å². The van der Waals surface area contributed by atoms with Gasteiger partial charge in [0.2, 0.25) is 0 Å². The molecule has 0 aliphatic carbocycles. The highest BCUT2D eigenvalue weighted by Crippen LogP contribution is 2.34. The van der Waals surface area contributed by atoms with Gasteiger partial charge in [0.05, 0.1) is 39.3 Å². The van der Waals surface area contributed by atoms with Crippen molar-refractivity contribution in [3.63, 3.8) is 0 Å². The van der Waals surface area contributed by atoms with Gasteiger partial charge in [0.1, 0.15) is 17.7 Å². The quantitative estimate of drug-likeness (QED) is 0.338. The van der Waals surface area contributed by atoms with Crippen molar-refractivity contribution < 1.29 is 4.79 Å². The normalized spacial score (nSPS) is 11.8. The van der Waals surface area contributed by atoms with Gasteiger partial charge in [-0.05, 0) is 13.0 Å². The van der Waals surface area contributed by atoms with Crippen LogP contribution in [0.2, 0.25) is 0 Å². The van der Waals surface area contributed by atoms with Crippen molar-refractivity contribution in [1.29, 1.82) is 0 Å². The summed E-state index contributed by atoms with van der Waals surface area (Å²) in [4.78, 5) is 26.9. The number of anilines is 1. The molecule has 1 unspecified atom stereocenters. The minimum absolute atomic E-state index is 0.125. The maximum atomic E-state index is 13.4. The van der Waals surface area contributed by atoms with Crippen molar-refractivity contribution in [3.8, 4) is 23.1 Å². The number of carbonyl (C=O) groups is 1. The number of fused-ring (bicyclic) bond motifs is 2. The first kappa shape index (κ1) is 23.4. The van der Waals surface area contributed by atoms with Crippen LogP contribution in [-0.4, -0.2) is 35.0 Å². The zero-order valence-corrected chi connectivity index (χ0v) is 21.4. The number of imidazole rings is 1. The molecule has 1 amide bonds. The second kappa shape index (κ2) is 9.46. The van der Waals surface area contributed by atoms with E-state index in [9.17, 15) is 4.79 Å². The molecule has 1 atom stereocenters. The molecular formula is C28H22N8OS. The van der Waals surface area contributed by atoms with E-state index in [0.717, 1.165) is 38.2 Å². The molecule has 0 fully saturated rings. The number of nitrogens with one attached hydrogen (secondary N) is 1. The average Bonchev–Trinajstić information content (AvgIpc) is 3.66. The Balaban J connectivity index is 1.41. The maximum Gasteiger partial charge on any atom is 0.259 e. The molecule has 186 valence electrons. The first-order valence-corrected chi connectivity index (χ1v) is 12.7. The summed E-state index contributed by atoms with van der Waals surface area (Å²) >= 11 is 1.57. The number of rotatable bonds is 4. The van der Waals surface area contributed by atoms with Gasteiger partial charge in [-0.15, -0.1) is 11.3 Å². The van der Waals surface area contributed by atoms with Crippen LogP contribution in [0.1, 0.15) is 40.0 Å². The average molecular weight is 519 g/mol. The van der Waals surface area contributed by atoms with Crippen LogP contribution >= 0.6 is 11.3 Å². The Morgan fingerprint density at radius 3 is 2.82 bits per heavy atom. The van der Waals surface area contributed by atoms with Crippen LogP contribution in [0.15, 0.2) is 72.9 Å². The van der Waals surface area contributed by atoms with Gasteiger partial charge in [0.25, 0.3) is 5.91 Å². The number of amides is 1. The van der Waals surface area contributed by atoms with Gasteiger partial charge < -0.3 is 11.1 Å².